The predicted octanol–water partition coefficient (Wildman–Crippen LogP) is -6.16. The lowest BCUT2D eigenvalue weighted by Crippen LogP contribution is -2.39. The number of aliphatic hydroxyl groups excluding tert-OH is 9. The molecule has 0 aliphatic carbocycles. The van der Waals surface area contributed by atoms with E-state index in [-0.39, 0.29) is 50.8 Å². The van der Waals surface area contributed by atoms with E-state index in [1.165, 1.54) is 0 Å². The van der Waals surface area contributed by atoms with Crippen LogP contribution < -0.4 is 10.2 Å². The number of rotatable bonds is 11. The Balaban J connectivity index is -0.000000320. The van der Waals surface area contributed by atoms with Gasteiger partial charge in [-0.3, -0.25) is 0 Å². The van der Waals surface area contributed by atoms with E-state index in [9.17, 15) is 19.8 Å². The molecule has 0 radical (unpaired) electrons. The highest BCUT2D eigenvalue weighted by Crippen LogP contribution is 2.55. The quantitative estimate of drug-likeness (QED) is 0.135. The third-order valence-corrected chi connectivity index (χ3v) is 7.83. The van der Waals surface area contributed by atoms with E-state index in [0.29, 0.717) is 0 Å². The fraction of sp³-hybridized carbons (Fsp3) is 0.833. The van der Waals surface area contributed by atoms with Gasteiger partial charge in [0.05, 0.1) is 12.1 Å². The van der Waals surface area contributed by atoms with Crippen molar-refractivity contribution >= 4 is 26.5 Å². The van der Waals surface area contributed by atoms with Crippen molar-refractivity contribution < 1.29 is 65.8 Å². The summed E-state index contributed by atoms with van der Waals surface area (Å²) in [4.78, 5) is 19.1. The van der Waals surface area contributed by atoms with Crippen LogP contribution in [-0.2, 0) is 9.59 Å². The molecule has 27 heavy (non-hydrogen) atoms. The van der Waals surface area contributed by atoms with E-state index >= 15 is 0 Å². The highest BCUT2D eigenvalue weighted by atomic mass is 31.2. The minimum Gasteiger partial charge on any atom is -0.550 e. The van der Waals surface area contributed by atoms with Crippen LogP contribution in [0.1, 0.15) is 6.42 Å². The van der Waals surface area contributed by atoms with Crippen molar-refractivity contribution in [3.63, 3.8) is 0 Å². The first-order chi connectivity index (χ1) is 12.5. The van der Waals surface area contributed by atoms with Gasteiger partial charge < -0.3 is 65.8 Å². The highest BCUT2D eigenvalue weighted by Gasteiger charge is 2.35. The van der Waals surface area contributed by atoms with Gasteiger partial charge in [0.25, 0.3) is 0 Å². The van der Waals surface area contributed by atoms with E-state index in [0.717, 1.165) is 0 Å². The minimum atomic E-state index is -2.20. The van der Waals surface area contributed by atoms with Crippen LogP contribution in [0.15, 0.2) is 0 Å². The summed E-state index contributed by atoms with van der Waals surface area (Å²) < 4.78 is 0. The van der Waals surface area contributed by atoms with Crippen molar-refractivity contribution in [1.82, 2.24) is 0 Å². The standard InChI is InChI=1S/C4H6O5.2C4H12O4P/c5-2(4(8)9)1-3(6)7;2*5-1-9(2-6,3-7)4-8/h2,5H,1H2,(H,6,7)(H,8,9);2*5-8H,1-4H2/q;2*+1/p-2. The fourth-order valence-electron chi connectivity index (χ4n) is 0.778. The van der Waals surface area contributed by atoms with Gasteiger partial charge in [-0.05, 0) is 0 Å². The van der Waals surface area contributed by atoms with Gasteiger partial charge in [-0.15, -0.1) is 0 Å². The number of carbonyl (C=O) groups is 2. The van der Waals surface area contributed by atoms with Crippen LogP contribution >= 0.6 is 14.5 Å². The molecule has 0 saturated carbocycles. The first-order valence-corrected chi connectivity index (χ1v) is 12.2. The summed E-state index contributed by atoms with van der Waals surface area (Å²) >= 11 is 0. The zero-order valence-corrected chi connectivity index (χ0v) is 16.3. The molecule has 0 bridgehead atoms. The Kier molecular flexibility index (Phi) is 20.2. The van der Waals surface area contributed by atoms with Crippen molar-refractivity contribution in [2.75, 3.05) is 50.8 Å². The Morgan fingerprint density at radius 2 is 0.852 bits per heavy atom. The molecule has 9 N–H and O–H groups in total. The molecular formula is C12H28O13P2. The molecule has 0 saturated heterocycles. The van der Waals surface area contributed by atoms with E-state index < -0.39 is 39.0 Å². The van der Waals surface area contributed by atoms with Gasteiger partial charge in [-0.25, -0.2) is 0 Å². The molecule has 164 valence electrons. The van der Waals surface area contributed by atoms with Crippen LogP contribution in [0.4, 0.5) is 0 Å². The molecule has 13 nitrogen and oxygen atoms in total. The highest BCUT2D eigenvalue weighted by molar-refractivity contribution is 7.75. The normalized spacial score (nSPS) is 12.2. The largest absolute Gasteiger partial charge is 0.550 e. The fourth-order valence-corrected chi connectivity index (χ4v) is 1.85. The van der Waals surface area contributed by atoms with Crippen LogP contribution in [0.3, 0.4) is 0 Å². The zero-order chi connectivity index (χ0) is 22.1. The number of carbonyl (C=O) groups excluding carboxylic acids is 2. The molecule has 0 spiro atoms. The van der Waals surface area contributed by atoms with Crippen molar-refractivity contribution in [2.24, 2.45) is 0 Å². The molecule has 0 aliphatic heterocycles. The maximum absolute atomic E-state index is 9.58. The summed E-state index contributed by atoms with van der Waals surface area (Å²) in [5.74, 6) is -3.43. The Hall–Kier alpha value is -0.560. The minimum absolute atomic E-state index is 0.295. The smallest absolute Gasteiger partial charge is 0.161 e. The van der Waals surface area contributed by atoms with Crippen molar-refractivity contribution in [3.8, 4) is 0 Å². The molecule has 1 unspecified atom stereocenters. The number of carboxylic acid groups (broad SMARTS) is 2. The monoisotopic (exact) mass is 442 g/mol. The number of hydrogen-bond acceptors (Lipinski definition) is 13. The maximum atomic E-state index is 9.58. The van der Waals surface area contributed by atoms with Crippen LogP contribution in [0, 0.1) is 0 Å². The molecule has 0 aromatic rings. The lowest BCUT2D eigenvalue weighted by Gasteiger charge is -2.15. The SMILES string of the molecule is O=C([O-])CC(O)C(=O)[O-].OC[P+](CO)(CO)CO.OC[P+](CO)(CO)CO. The predicted molar refractivity (Wildman–Crippen MR) is 91.2 cm³/mol. The molecule has 1 atom stereocenters. The lowest BCUT2D eigenvalue weighted by molar-refractivity contribution is -0.323. The number of aliphatic carboxylic acids is 2. The van der Waals surface area contributed by atoms with E-state index in [2.05, 4.69) is 0 Å². The summed E-state index contributed by atoms with van der Waals surface area (Å²) in [5.41, 5.74) is 0. The van der Waals surface area contributed by atoms with Crippen molar-refractivity contribution in [1.29, 1.82) is 0 Å². The van der Waals surface area contributed by atoms with Crippen LogP contribution in [0.25, 0.3) is 0 Å². The number of carboxylic acids is 2. The average molecular weight is 442 g/mol. The van der Waals surface area contributed by atoms with Crippen molar-refractivity contribution in [3.05, 3.63) is 0 Å². The Labute approximate surface area is 156 Å². The Bertz CT molecular complexity index is 332. The summed E-state index contributed by atoms with van der Waals surface area (Å²) in [6, 6.07) is 0. The van der Waals surface area contributed by atoms with Gasteiger partial charge in [0.15, 0.2) is 50.8 Å². The lowest BCUT2D eigenvalue weighted by atomic mass is 10.3. The van der Waals surface area contributed by atoms with Gasteiger partial charge >= 0.3 is 0 Å². The second kappa shape index (κ2) is 17.5. The second-order valence-electron chi connectivity index (χ2n) is 5.23. The summed E-state index contributed by atoms with van der Waals surface area (Å²) in [6.07, 6.45) is -5.25. The van der Waals surface area contributed by atoms with Gasteiger partial charge in [0, 0.05) is 12.4 Å². The molecule has 0 fully saturated rings. The molecule has 0 aromatic carbocycles. The summed E-state index contributed by atoms with van der Waals surface area (Å²) in [6.45, 7) is 0. The number of aliphatic hydroxyl groups is 9. The Morgan fingerprint density at radius 1 is 0.630 bits per heavy atom. The van der Waals surface area contributed by atoms with E-state index in [1.54, 1.807) is 0 Å². The second-order valence-corrected chi connectivity index (χ2v) is 12.9. The van der Waals surface area contributed by atoms with Gasteiger partial charge in [-0.1, -0.05) is 0 Å². The van der Waals surface area contributed by atoms with Gasteiger partial charge in [-0.2, -0.15) is 0 Å². The molecule has 0 rings (SSSR count). The molecule has 15 heteroatoms. The molecule has 0 heterocycles. The molecular weight excluding hydrogens is 414 g/mol. The third kappa shape index (κ3) is 14.1. The molecule has 0 aromatic heterocycles. The maximum Gasteiger partial charge on any atom is 0.161 e. The summed E-state index contributed by atoms with van der Waals surface area (Å²) in [5, 5.41) is 95.7. The first kappa shape index (κ1) is 31.1. The Morgan fingerprint density at radius 3 is 0.889 bits per heavy atom. The van der Waals surface area contributed by atoms with Crippen LogP contribution in [0.2, 0.25) is 0 Å². The zero-order valence-electron chi connectivity index (χ0n) is 14.5. The molecule has 0 aliphatic rings. The first-order valence-electron chi connectivity index (χ1n) is 7.18. The van der Waals surface area contributed by atoms with Crippen LogP contribution in [-0.4, -0.2) is 115 Å². The van der Waals surface area contributed by atoms with Crippen LogP contribution in [0.5, 0.6) is 0 Å². The number of hydrogen-bond donors (Lipinski definition) is 9. The molecule has 0 amide bonds. The van der Waals surface area contributed by atoms with Gasteiger partial charge in [0.2, 0.25) is 0 Å². The van der Waals surface area contributed by atoms with E-state index in [1.807, 2.05) is 0 Å². The average Bonchev–Trinajstić information content (AvgIpc) is 2.67. The van der Waals surface area contributed by atoms with E-state index in [4.69, 9.17) is 46.0 Å². The van der Waals surface area contributed by atoms with Gasteiger partial charge in [0.1, 0.15) is 14.5 Å². The van der Waals surface area contributed by atoms with Crippen molar-refractivity contribution in [2.45, 2.75) is 12.5 Å². The summed E-state index contributed by atoms with van der Waals surface area (Å²) in [7, 11) is -4.40. The third-order valence-electron chi connectivity index (χ3n) is 3.03. The topological polar surface area (TPSA) is 262 Å².